The highest BCUT2D eigenvalue weighted by molar-refractivity contribution is 7.93. The molecule has 2 rings (SSSR count). The van der Waals surface area contributed by atoms with Crippen LogP contribution in [0.15, 0.2) is 0 Å². The highest BCUT2D eigenvalue weighted by Gasteiger charge is 2.68. The maximum Gasteiger partial charge on any atom is 0.330 e. The van der Waals surface area contributed by atoms with E-state index in [9.17, 15) is 18.0 Å². The summed E-state index contributed by atoms with van der Waals surface area (Å²) in [6.07, 6.45) is -0.0489. The van der Waals surface area contributed by atoms with Crippen LogP contribution in [0, 0.1) is 7.11 Å². The van der Waals surface area contributed by atoms with Gasteiger partial charge in [0, 0.05) is 0 Å². The van der Waals surface area contributed by atoms with Crippen LogP contribution in [0.5, 0.6) is 0 Å². The maximum absolute atomic E-state index is 12.0. The minimum Gasteiger partial charge on any atom is -0.460 e. The molecule has 16 heavy (non-hydrogen) atoms. The molecule has 1 amide bonds. The summed E-state index contributed by atoms with van der Waals surface area (Å²) < 4.78 is 27.1. The zero-order valence-electron chi connectivity index (χ0n) is 8.97. The van der Waals surface area contributed by atoms with Crippen molar-refractivity contribution in [3.63, 3.8) is 0 Å². The summed E-state index contributed by atoms with van der Waals surface area (Å²) in [5, 5.41) is -0.876. The Bertz CT molecular complexity index is 466. The molecule has 0 aromatic carbocycles. The van der Waals surface area contributed by atoms with E-state index in [-0.39, 0.29) is 12.3 Å². The van der Waals surface area contributed by atoms with E-state index in [1.165, 1.54) is 13.8 Å². The molecule has 2 fully saturated rings. The normalized spacial score (nSPS) is 34.2. The fourth-order valence-electron chi connectivity index (χ4n) is 2.29. The second-order valence-corrected chi connectivity index (χ2v) is 7.16. The lowest BCUT2D eigenvalue weighted by Gasteiger charge is -2.35. The molecule has 6 nitrogen and oxygen atoms in total. The first kappa shape index (κ1) is 11.4. The summed E-state index contributed by atoms with van der Waals surface area (Å²) in [5.41, 5.74) is 0. The van der Waals surface area contributed by atoms with Crippen molar-refractivity contribution in [1.29, 1.82) is 0 Å². The van der Waals surface area contributed by atoms with E-state index in [4.69, 9.17) is 0 Å². The second-order valence-electron chi connectivity index (χ2n) is 4.47. The quantitative estimate of drug-likeness (QED) is 0.458. The van der Waals surface area contributed by atoms with Crippen molar-refractivity contribution in [1.82, 2.24) is 4.90 Å². The van der Waals surface area contributed by atoms with E-state index in [1.54, 1.807) is 0 Å². The number of carbonyl (C=O) groups is 2. The summed E-state index contributed by atoms with van der Waals surface area (Å²) in [7, 11) is -0.557. The summed E-state index contributed by atoms with van der Waals surface area (Å²) in [6.45, 7) is 2.85. The molecule has 2 atom stereocenters. The van der Waals surface area contributed by atoms with Crippen LogP contribution in [0.1, 0.15) is 20.3 Å². The first-order valence-corrected chi connectivity index (χ1v) is 6.30. The number of esters is 1. The molecule has 1 radical (unpaired) electrons. The molecule has 0 saturated carbocycles. The van der Waals surface area contributed by atoms with Gasteiger partial charge in [-0.1, -0.05) is 0 Å². The molecule has 0 N–H and O–H groups in total. The van der Waals surface area contributed by atoms with Gasteiger partial charge in [-0.3, -0.25) is 4.79 Å². The fraction of sp³-hybridized carbons (Fsp3) is 0.667. The Morgan fingerprint density at radius 3 is 2.56 bits per heavy atom. The summed E-state index contributed by atoms with van der Waals surface area (Å²) >= 11 is 0. The Labute approximate surface area is 93.5 Å². The Hall–Kier alpha value is -1.11. The van der Waals surface area contributed by atoms with Gasteiger partial charge in [-0.2, -0.15) is 0 Å². The van der Waals surface area contributed by atoms with Crippen molar-refractivity contribution in [2.75, 3.05) is 0 Å². The van der Waals surface area contributed by atoms with Crippen LogP contribution < -0.4 is 0 Å². The smallest absolute Gasteiger partial charge is 0.330 e. The molecule has 7 heteroatoms. The minimum atomic E-state index is -3.53. The number of ether oxygens (including phenoxy) is 1. The number of fused-ring (bicyclic) bond motifs is 1. The molecule has 0 spiro atoms. The van der Waals surface area contributed by atoms with Crippen LogP contribution >= 0.6 is 0 Å². The van der Waals surface area contributed by atoms with Gasteiger partial charge in [0.05, 0.1) is 11.2 Å². The van der Waals surface area contributed by atoms with Crippen molar-refractivity contribution in [2.24, 2.45) is 0 Å². The highest BCUT2D eigenvalue weighted by Crippen LogP contribution is 2.45. The van der Waals surface area contributed by atoms with Crippen LogP contribution in [0.2, 0.25) is 0 Å². The van der Waals surface area contributed by atoms with Crippen molar-refractivity contribution < 1.29 is 22.7 Å². The molecule has 0 aromatic heterocycles. The summed E-state index contributed by atoms with van der Waals surface area (Å²) in [6, 6.07) is -1.08. The molecule has 89 valence electrons. The molecule has 0 unspecified atom stereocenters. The monoisotopic (exact) mass is 246 g/mol. The van der Waals surface area contributed by atoms with E-state index in [2.05, 4.69) is 11.8 Å². The van der Waals surface area contributed by atoms with Gasteiger partial charge in [0.1, 0.15) is 18.5 Å². The van der Waals surface area contributed by atoms with E-state index in [1.807, 2.05) is 0 Å². The molecule has 0 aromatic rings. The molecular weight excluding hydrogens is 234 g/mol. The Kier molecular flexibility index (Phi) is 2.11. The van der Waals surface area contributed by atoms with Gasteiger partial charge < -0.3 is 9.64 Å². The van der Waals surface area contributed by atoms with Crippen molar-refractivity contribution >= 4 is 21.7 Å². The third-order valence-corrected chi connectivity index (χ3v) is 6.14. The maximum atomic E-state index is 12.0. The first-order chi connectivity index (χ1) is 7.25. The molecule has 2 saturated heterocycles. The fourth-order valence-corrected chi connectivity index (χ4v) is 4.41. The molecule has 2 aliphatic heterocycles. The second kappa shape index (κ2) is 2.97. The Morgan fingerprint density at radius 2 is 2.12 bits per heavy atom. The lowest BCUT2D eigenvalue weighted by Crippen LogP contribution is -2.57. The van der Waals surface area contributed by atoms with Crippen LogP contribution in [-0.4, -0.2) is 41.4 Å². The number of rotatable bonds is 1. The third kappa shape index (κ3) is 1.04. The van der Waals surface area contributed by atoms with E-state index < -0.39 is 32.0 Å². The number of amides is 1. The summed E-state index contributed by atoms with van der Waals surface area (Å²) in [4.78, 5) is 23.9. The lowest BCUT2D eigenvalue weighted by molar-refractivity contribution is -0.158. The first-order valence-electron chi connectivity index (χ1n) is 4.75. The average molecular weight is 246 g/mol. The SMILES string of the molecule is [CH2]OC(=O)[C@@H]1N2C(=O)C[C@H]2S(=O)(=O)C1(C)C. The van der Waals surface area contributed by atoms with E-state index >= 15 is 0 Å². The number of sulfone groups is 1. The van der Waals surface area contributed by atoms with E-state index in [0.29, 0.717) is 0 Å². The van der Waals surface area contributed by atoms with Crippen LogP contribution in [0.25, 0.3) is 0 Å². The number of hydrogen-bond donors (Lipinski definition) is 0. The predicted octanol–water partition coefficient (Wildman–Crippen LogP) is -0.545. The van der Waals surface area contributed by atoms with Crippen molar-refractivity contribution in [3.05, 3.63) is 7.11 Å². The van der Waals surface area contributed by atoms with Gasteiger partial charge in [0.25, 0.3) is 0 Å². The minimum absolute atomic E-state index is 0.0489. The van der Waals surface area contributed by atoms with Gasteiger partial charge >= 0.3 is 5.97 Å². The molecule has 2 aliphatic rings. The van der Waals surface area contributed by atoms with Gasteiger partial charge in [0.2, 0.25) is 5.91 Å². The lowest BCUT2D eigenvalue weighted by atomic mass is 9.98. The van der Waals surface area contributed by atoms with Crippen molar-refractivity contribution in [2.45, 2.75) is 36.4 Å². The van der Waals surface area contributed by atoms with Gasteiger partial charge in [-0.25, -0.2) is 13.2 Å². The Morgan fingerprint density at radius 1 is 1.56 bits per heavy atom. The largest absolute Gasteiger partial charge is 0.460 e. The molecule has 0 aliphatic carbocycles. The Balaban J connectivity index is 2.52. The topological polar surface area (TPSA) is 80.8 Å². The molecule has 2 heterocycles. The zero-order valence-corrected chi connectivity index (χ0v) is 9.78. The molecular formula is C9H12NO5S. The van der Waals surface area contributed by atoms with E-state index in [0.717, 1.165) is 4.90 Å². The standard InChI is InChI=1S/C9H12NO5S/c1-9(2)7(8(12)15-3)10-5(11)4-6(10)16(9,13)14/h6-7H,3-4H2,1-2H3/t6-,7+/m1/s1. The number of hydrogen-bond acceptors (Lipinski definition) is 5. The number of β-lactam (4-membered cyclic amide) rings is 1. The van der Waals surface area contributed by atoms with Gasteiger partial charge in [0.15, 0.2) is 9.84 Å². The average Bonchev–Trinajstić information content (AvgIpc) is 2.31. The van der Waals surface area contributed by atoms with Crippen molar-refractivity contribution in [3.8, 4) is 0 Å². The van der Waals surface area contributed by atoms with Crippen LogP contribution in [-0.2, 0) is 24.2 Å². The molecule has 0 bridgehead atoms. The number of carbonyl (C=O) groups excluding carboxylic acids is 2. The highest BCUT2D eigenvalue weighted by atomic mass is 32.2. The van der Waals surface area contributed by atoms with Crippen LogP contribution in [0.3, 0.4) is 0 Å². The number of nitrogens with zero attached hydrogens (tertiary/aromatic N) is 1. The summed E-state index contributed by atoms with van der Waals surface area (Å²) in [5.74, 6) is -1.13. The predicted molar refractivity (Wildman–Crippen MR) is 53.5 cm³/mol. The van der Waals surface area contributed by atoms with Gasteiger partial charge in [-0.15, -0.1) is 0 Å². The third-order valence-electron chi connectivity index (χ3n) is 3.34. The zero-order chi connectivity index (χ0) is 12.3. The van der Waals surface area contributed by atoms with Crippen LogP contribution in [0.4, 0.5) is 0 Å². The van der Waals surface area contributed by atoms with Gasteiger partial charge in [-0.05, 0) is 13.8 Å².